The first-order valence-corrected chi connectivity index (χ1v) is 11.0. The van der Waals surface area contributed by atoms with Crippen molar-refractivity contribution in [3.63, 3.8) is 0 Å². The number of amides is 2. The molecule has 4 aromatic rings. The second-order valence-corrected chi connectivity index (χ2v) is 8.40. The van der Waals surface area contributed by atoms with Crippen LogP contribution in [-0.2, 0) is 4.79 Å². The summed E-state index contributed by atoms with van der Waals surface area (Å²) in [5.74, 6) is -0.857. The number of nitrogens with two attached hydrogens (primary N) is 1. The van der Waals surface area contributed by atoms with Gasteiger partial charge in [0.2, 0.25) is 0 Å². The Morgan fingerprint density at radius 2 is 1.85 bits per heavy atom. The largest absolute Gasteiger partial charge is 0.384 e. The Labute approximate surface area is 194 Å². The third-order valence-corrected chi connectivity index (χ3v) is 6.47. The summed E-state index contributed by atoms with van der Waals surface area (Å²) in [5, 5.41) is 0.605. The molecule has 3 N–H and O–H groups in total. The van der Waals surface area contributed by atoms with Gasteiger partial charge in [0, 0.05) is 36.8 Å². The summed E-state index contributed by atoms with van der Waals surface area (Å²) in [6.07, 6.45) is 1.59. The van der Waals surface area contributed by atoms with Crippen molar-refractivity contribution in [1.82, 2.24) is 24.8 Å². The zero-order valence-electron chi connectivity index (χ0n) is 18.1. The van der Waals surface area contributed by atoms with Crippen LogP contribution in [-0.4, -0.2) is 62.0 Å². The maximum absolute atomic E-state index is 13.1. The molecule has 2 amide bonds. The second kappa shape index (κ2) is 7.51. The number of nitrogens with one attached hydrogen (secondary N) is 1. The molecular weight excluding hydrogens is 432 g/mol. The van der Waals surface area contributed by atoms with E-state index in [1.165, 1.54) is 0 Å². The number of Topliss-reactive ketones (excluding diaryl/α,β-unsaturated/α-hetero) is 1. The Morgan fingerprint density at radius 1 is 1.03 bits per heavy atom. The molecule has 0 bridgehead atoms. The van der Waals surface area contributed by atoms with Crippen LogP contribution in [0.2, 0.25) is 0 Å². The van der Waals surface area contributed by atoms with Gasteiger partial charge in [-0.2, -0.15) is 0 Å². The van der Waals surface area contributed by atoms with Crippen LogP contribution < -0.4 is 5.73 Å². The highest BCUT2D eigenvalue weighted by Gasteiger charge is 2.44. The second-order valence-electron chi connectivity index (χ2n) is 8.40. The number of carbonyl (C=O) groups is 3. The minimum Gasteiger partial charge on any atom is -0.384 e. The summed E-state index contributed by atoms with van der Waals surface area (Å²) >= 11 is 0. The molecule has 2 aliphatic heterocycles. The number of hydrogen-bond acceptors (Lipinski definition) is 6. The normalized spacial score (nSPS) is 17.6. The summed E-state index contributed by atoms with van der Waals surface area (Å²) in [4.78, 5) is 54.7. The van der Waals surface area contributed by atoms with Crippen LogP contribution in [0, 0.1) is 0 Å². The van der Waals surface area contributed by atoms with Gasteiger partial charge in [0.1, 0.15) is 11.5 Å². The van der Waals surface area contributed by atoms with Gasteiger partial charge in [-0.15, -0.1) is 0 Å². The highest BCUT2D eigenvalue weighted by molar-refractivity contribution is 6.46. The van der Waals surface area contributed by atoms with Crippen LogP contribution in [0.25, 0.3) is 22.3 Å². The number of nitrogens with zero attached hydrogens (tertiary/aromatic N) is 4. The maximum atomic E-state index is 13.1. The van der Waals surface area contributed by atoms with Crippen molar-refractivity contribution in [3.8, 4) is 11.4 Å². The van der Waals surface area contributed by atoms with E-state index < -0.39 is 17.7 Å². The van der Waals surface area contributed by atoms with E-state index >= 15 is 0 Å². The average molecular weight is 452 g/mol. The van der Waals surface area contributed by atoms with Gasteiger partial charge >= 0.3 is 0 Å². The Balaban J connectivity index is 1.46. The summed E-state index contributed by atoms with van der Waals surface area (Å²) in [6.45, 7) is 0.926. The molecule has 0 aliphatic carbocycles. The molecule has 6 rings (SSSR count). The lowest BCUT2D eigenvalue weighted by atomic mass is 9.93. The Morgan fingerprint density at radius 3 is 2.65 bits per heavy atom. The van der Waals surface area contributed by atoms with E-state index in [1.807, 2.05) is 18.2 Å². The first-order chi connectivity index (χ1) is 16.5. The van der Waals surface area contributed by atoms with Gasteiger partial charge in [0.25, 0.3) is 17.6 Å². The van der Waals surface area contributed by atoms with Gasteiger partial charge in [-0.05, 0) is 30.3 Å². The number of aromatic amines is 1. The Kier molecular flexibility index (Phi) is 4.44. The highest BCUT2D eigenvalue weighted by atomic mass is 16.2. The molecule has 1 saturated heterocycles. The first-order valence-electron chi connectivity index (χ1n) is 11.0. The maximum Gasteiger partial charge on any atom is 0.295 e. The van der Waals surface area contributed by atoms with Gasteiger partial charge in [-0.1, -0.05) is 24.3 Å². The summed E-state index contributed by atoms with van der Waals surface area (Å²) in [7, 11) is 0. The standard InChI is InChI=1S/C25H20N6O3/c26-18-8-4-7-16(28-18)21-20-15(9-10-27-21)19-22(29-20)17-13-30(11-12-31(17)25(34)23(19)32)24(33)14-5-2-1-3-6-14/h1-10,17,29H,11-13H2,(H2,26,28)/t17-/m0/s1. The Bertz CT molecular complexity index is 1480. The number of piperazine rings is 1. The summed E-state index contributed by atoms with van der Waals surface area (Å²) < 4.78 is 0. The number of aromatic nitrogens is 3. The van der Waals surface area contributed by atoms with Crippen molar-refractivity contribution in [3.05, 3.63) is 77.6 Å². The summed E-state index contributed by atoms with van der Waals surface area (Å²) in [5.41, 5.74) is 9.11. The number of H-pyrrole nitrogens is 1. The molecule has 3 aromatic heterocycles. The monoisotopic (exact) mass is 452 g/mol. The number of anilines is 1. The molecule has 0 radical (unpaired) electrons. The van der Waals surface area contributed by atoms with Crippen molar-refractivity contribution in [2.75, 3.05) is 25.4 Å². The van der Waals surface area contributed by atoms with Crippen molar-refractivity contribution in [2.45, 2.75) is 6.04 Å². The van der Waals surface area contributed by atoms with E-state index in [0.717, 1.165) is 0 Å². The molecule has 0 saturated carbocycles. The number of hydrogen-bond donors (Lipinski definition) is 2. The number of carbonyl (C=O) groups excluding carboxylic acids is 3. The predicted octanol–water partition coefficient (Wildman–Crippen LogP) is 2.43. The molecular formula is C25H20N6O3. The van der Waals surface area contributed by atoms with Crippen molar-refractivity contribution in [2.24, 2.45) is 0 Å². The van der Waals surface area contributed by atoms with Crippen LogP contribution >= 0.6 is 0 Å². The molecule has 1 fully saturated rings. The molecule has 34 heavy (non-hydrogen) atoms. The molecule has 9 nitrogen and oxygen atoms in total. The molecule has 0 spiro atoms. The van der Waals surface area contributed by atoms with E-state index in [4.69, 9.17) is 5.73 Å². The van der Waals surface area contributed by atoms with Crippen molar-refractivity contribution in [1.29, 1.82) is 0 Å². The van der Waals surface area contributed by atoms with Crippen molar-refractivity contribution < 1.29 is 14.4 Å². The quantitative estimate of drug-likeness (QED) is 0.450. The predicted molar refractivity (Wildman–Crippen MR) is 125 cm³/mol. The molecule has 168 valence electrons. The smallest absolute Gasteiger partial charge is 0.295 e. The molecule has 1 aromatic carbocycles. The third-order valence-electron chi connectivity index (χ3n) is 6.47. The van der Waals surface area contributed by atoms with Crippen LogP contribution in [0.5, 0.6) is 0 Å². The van der Waals surface area contributed by atoms with Crippen LogP contribution in [0.1, 0.15) is 32.5 Å². The lowest BCUT2D eigenvalue weighted by Crippen LogP contribution is -2.56. The van der Waals surface area contributed by atoms with Crippen LogP contribution in [0.4, 0.5) is 5.82 Å². The van der Waals surface area contributed by atoms with E-state index in [9.17, 15) is 14.4 Å². The highest BCUT2D eigenvalue weighted by Crippen LogP contribution is 2.39. The fourth-order valence-corrected chi connectivity index (χ4v) is 4.87. The number of rotatable bonds is 2. The topological polar surface area (TPSA) is 125 Å². The molecule has 2 aliphatic rings. The van der Waals surface area contributed by atoms with Gasteiger partial charge < -0.3 is 20.5 Å². The van der Waals surface area contributed by atoms with E-state index in [1.54, 1.807) is 52.4 Å². The van der Waals surface area contributed by atoms with E-state index in [-0.39, 0.29) is 19.0 Å². The SMILES string of the molecule is Nc1cccc(-c2nccc3c4c([nH]c23)[C@@H]2CN(C(=O)c3ccccc3)CCN2C(=O)C4=O)n1. The molecule has 1 atom stereocenters. The zero-order valence-corrected chi connectivity index (χ0v) is 18.1. The zero-order chi connectivity index (χ0) is 23.4. The minimum atomic E-state index is -0.557. The molecule has 0 unspecified atom stereocenters. The molecule has 5 heterocycles. The van der Waals surface area contributed by atoms with Gasteiger partial charge in [-0.25, -0.2) is 4.98 Å². The van der Waals surface area contributed by atoms with Crippen molar-refractivity contribution >= 4 is 34.3 Å². The number of pyridine rings is 2. The fraction of sp³-hybridized carbons (Fsp3) is 0.160. The number of ketones is 1. The van der Waals surface area contributed by atoms with Crippen LogP contribution in [0.15, 0.2) is 60.8 Å². The first kappa shape index (κ1) is 20.1. The van der Waals surface area contributed by atoms with Crippen LogP contribution in [0.3, 0.4) is 0 Å². The third kappa shape index (κ3) is 2.97. The van der Waals surface area contributed by atoms with Gasteiger partial charge in [0.05, 0.1) is 28.5 Å². The van der Waals surface area contributed by atoms with Gasteiger partial charge in [0.15, 0.2) is 0 Å². The number of fused-ring (bicyclic) bond motifs is 5. The molecule has 9 heteroatoms. The lowest BCUT2D eigenvalue weighted by molar-refractivity contribution is -0.131. The fourth-order valence-electron chi connectivity index (χ4n) is 4.87. The average Bonchev–Trinajstić information content (AvgIpc) is 3.27. The summed E-state index contributed by atoms with van der Waals surface area (Å²) in [6, 6.07) is 15.6. The van der Waals surface area contributed by atoms with Gasteiger partial charge in [-0.3, -0.25) is 19.4 Å². The Hall–Kier alpha value is -4.53. The van der Waals surface area contributed by atoms with E-state index in [2.05, 4.69) is 15.0 Å². The van der Waals surface area contributed by atoms with E-state index in [0.29, 0.717) is 51.5 Å². The minimum absolute atomic E-state index is 0.103. The number of benzene rings is 1. The lowest BCUT2D eigenvalue weighted by Gasteiger charge is -2.43. The number of nitrogen functional groups attached to an aromatic ring is 1.